The second kappa shape index (κ2) is 15.9. The first-order valence-corrected chi connectivity index (χ1v) is 6.84. The molecule has 0 aromatic rings. The summed E-state index contributed by atoms with van der Waals surface area (Å²) in [6, 6.07) is 0. The van der Waals surface area contributed by atoms with Gasteiger partial charge in [0, 0.05) is 0 Å². The standard InChI is InChI=1S/C15H29N.BrH/c1-4-11-15(12-5-2)13-9-7-6-8-10-14-16-3;/h4-5,15-16H,1-2,6-14H2,3H3;1H. The Morgan fingerprint density at radius 3 is 2.00 bits per heavy atom. The Hall–Kier alpha value is -0.0800. The van der Waals surface area contributed by atoms with Gasteiger partial charge in [-0.3, -0.25) is 0 Å². The fourth-order valence-corrected chi connectivity index (χ4v) is 2.12. The molecular weight excluding hydrogens is 274 g/mol. The van der Waals surface area contributed by atoms with Crippen molar-refractivity contribution in [2.24, 2.45) is 5.92 Å². The van der Waals surface area contributed by atoms with Crippen LogP contribution in [0.4, 0.5) is 0 Å². The van der Waals surface area contributed by atoms with Gasteiger partial charge in [0.15, 0.2) is 0 Å². The minimum absolute atomic E-state index is 0. The fraction of sp³-hybridized carbons (Fsp3) is 0.733. The highest BCUT2D eigenvalue weighted by Gasteiger charge is 2.04. The summed E-state index contributed by atoms with van der Waals surface area (Å²) in [6.45, 7) is 8.93. The van der Waals surface area contributed by atoms with Gasteiger partial charge in [0.2, 0.25) is 0 Å². The SMILES string of the molecule is C=CCC(CC=C)CCCCCCC[NH2+]C.[Br-]. The number of hydrogen-bond donors (Lipinski definition) is 1. The molecule has 0 saturated heterocycles. The third kappa shape index (κ3) is 13.9. The molecule has 0 fully saturated rings. The van der Waals surface area contributed by atoms with Crippen molar-refractivity contribution in [3.8, 4) is 0 Å². The van der Waals surface area contributed by atoms with E-state index in [1.807, 2.05) is 12.2 Å². The first kappa shape index (κ1) is 19.3. The molecular formula is C15H30BrN. The highest BCUT2D eigenvalue weighted by Crippen LogP contribution is 2.18. The van der Waals surface area contributed by atoms with Gasteiger partial charge in [0.05, 0.1) is 13.6 Å². The number of halogens is 1. The monoisotopic (exact) mass is 303 g/mol. The number of unbranched alkanes of at least 4 members (excludes halogenated alkanes) is 4. The van der Waals surface area contributed by atoms with Crippen LogP contribution < -0.4 is 22.3 Å². The molecule has 0 bridgehead atoms. The highest BCUT2D eigenvalue weighted by atomic mass is 79.9. The van der Waals surface area contributed by atoms with E-state index in [1.165, 1.54) is 45.1 Å². The summed E-state index contributed by atoms with van der Waals surface area (Å²) in [4.78, 5) is 0. The minimum Gasteiger partial charge on any atom is -1.00 e. The number of quaternary nitrogens is 1. The maximum atomic E-state index is 3.82. The molecule has 0 aromatic heterocycles. The van der Waals surface area contributed by atoms with E-state index in [0.717, 1.165) is 18.8 Å². The maximum absolute atomic E-state index is 3.82. The average molecular weight is 304 g/mol. The molecule has 17 heavy (non-hydrogen) atoms. The lowest BCUT2D eigenvalue weighted by atomic mass is 9.94. The first-order valence-electron chi connectivity index (χ1n) is 6.84. The molecule has 0 heterocycles. The molecule has 0 saturated carbocycles. The Kier molecular flexibility index (Phi) is 18.0. The highest BCUT2D eigenvalue weighted by molar-refractivity contribution is 4.79. The van der Waals surface area contributed by atoms with Crippen LogP contribution in [0.15, 0.2) is 25.3 Å². The third-order valence-electron chi connectivity index (χ3n) is 3.11. The quantitative estimate of drug-likeness (QED) is 0.394. The van der Waals surface area contributed by atoms with E-state index in [4.69, 9.17) is 0 Å². The first-order chi connectivity index (χ1) is 7.85. The van der Waals surface area contributed by atoms with Crippen molar-refractivity contribution in [1.82, 2.24) is 0 Å². The van der Waals surface area contributed by atoms with Crippen molar-refractivity contribution in [2.45, 2.75) is 51.4 Å². The van der Waals surface area contributed by atoms with Crippen LogP contribution in [0.5, 0.6) is 0 Å². The Bertz CT molecular complexity index is 158. The number of allylic oxidation sites excluding steroid dienone is 2. The van der Waals surface area contributed by atoms with Crippen LogP contribution in [-0.4, -0.2) is 13.6 Å². The van der Waals surface area contributed by atoms with E-state index in [9.17, 15) is 0 Å². The molecule has 0 aliphatic carbocycles. The number of nitrogens with two attached hydrogens (primary N) is 1. The second-order valence-electron chi connectivity index (χ2n) is 4.67. The Morgan fingerprint density at radius 2 is 1.47 bits per heavy atom. The lowest BCUT2D eigenvalue weighted by molar-refractivity contribution is -0.627. The van der Waals surface area contributed by atoms with Crippen LogP contribution >= 0.6 is 0 Å². The van der Waals surface area contributed by atoms with Crippen molar-refractivity contribution in [1.29, 1.82) is 0 Å². The summed E-state index contributed by atoms with van der Waals surface area (Å²) in [5.41, 5.74) is 0. The molecule has 0 atom stereocenters. The summed E-state index contributed by atoms with van der Waals surface area (Å²) >= 11 is 0. The predicted molar refractivity (Wildman–Crippen MR) is 73.5 cm³/mol. The lowest BCUT2D eigenvalue weighted by Crippen LogP contribution is -3.00. The summed E-state index contributed by atoms with van der Waals surface area (Å²) in [6.07, 6.45) is 14.7. The van der Waals surface area contributed by atoms with Crippen molar-refractivity contribution >= 4 is 0 Å². The zero-order chi connectivity index (χ0) is 12.1. The van der Waals surface area contributed by atoms with Crippen molar-refractivity contribution in [2.75, 3.05) is 13.6 Å². The zero-order valence-electron chi connectivity index (χ0n) is 11.5. The van der Waals surface area contributed by atoms with Gasteiger partial charge in [-0.15, -0.1) is 13.2 Å². The minimum atomic E-state index is 0. The summed E-state index contributed by atoms with van der Waals surface area (Å²) in [7, 11) is 2.15. The predicted octanol–water partition coefficient (Wildman–Crippen LogP) is 0.293. The van der Waals surface area contributed by atoms with Crippen LogP contribution in [0.2, 0.25) is 0 Å². The van der Waals surface area contributed by atoms with Crippen molar-refractivity contribution in [3.63, 3.8) is 0 Å². The number of rotatable bonds is 12. The van der Waals surface area contributed by atoms with Crippen molar-refractivity contribution < 1.29 is 22.3 Å². The van der Waals surface area contributed by atoms with Gasteiger partial charge in [0.1, 0.15) is 0 Å². The van der Waals surface area contributed by atoms with Crippen LogP contribution in [0.1, 0.15) is 51.4 Å². The second-order valence-corrected chi connectivity index (χ2v) is 4.67. The topological polar surface area (TPSA) is 16.6 Å². The third-order valence-corrected chi connectivity index (χ3v) is 3.11. The van der Waals surface area contributed by atoms with E-state index >= 15 is 0 Å². The van der Waals surface area contributed by atoms with Crippen LogP contribution in [-0.2, 0) is 0 Å². The average Bonchev–Trinajstić information content (AvgIpc) is 2.28. The zero-order valence-corrected chi connectivity index (χ0v) is 13.1. The van der Waals surface area contributed by atoms with Gasteiger partial charge in [-0.1, -0.05) is 31.4 Å². The molecule has 0 rings (SSSR count). The molecule has 2 heteroatoms. The van der Waals surface area contributed by atoms with Gasteiger partial charge in [-0.05, 0) is 38.0 Å². The Balaban J connectivity index is 0. The molecule has 2 N–H and O–H groups in total. The van der Waals surface area contributed by atoms with E-state index in [0.29, 0.717) is 0 Å². The van der Waals surface area contributed by atoms with E-state index < -0.39 is 0 Å². The number of hydrogen-bond acceptors (Lipinski definition) is 0. The lowest BCUT2D eigenvalue weighted by Gasteiger charge is -2.12. The van der Waals surface area contributed by atoms with E-state index in [1.54, 1.807) is 0 Å². The van der Waals surface area contributed by atoms with Gasteiger partial charge < -0.3 is 22.3 Å². The molecule has 0 amide bonds. The molecule has 0 unspecified atom stereocenters. The molecule has 0 aromatic carbocycles. The summed E-state index contributed by atoms with van der Waals surface area (Å²) in [5.74, 6) is 0.791. The van der Waals surface area contributed by atoms with Crippen molar-refractivity contribution in [3.05, 3.63) is 25.3 Å². The van der Waals surface area contributed by atoms with Crippen LogP contribution in [0.25, 0.3) is 0 Å². The summed E-state index contributed by atoms with van der Waals surface area (Å²) < 4.78 is 0. The molecule has 0 aliphatic rings. The Morgan fingerprint density at radius 1 is 0.941 bits per heavy atom. The molecule has 0 spiro atoms. The van der Waals surface area contributed by atoms with Gasteiger partial charge in [0.25, 0.3) is 0 Å². The normalized spacial score (nSPS) is 10.0. The van der Waals surface area contributed by atoms with Crippen LogP contribution in [0.3, 0.4) is 0 Å². The summed E-state index contributed by atoms with van der Waals surface area (Å²) in [5, 5.41) is 2.27. The van der Waals surface area contributed by atoms with E-state index in [2.05, 4.69) is 25.5 Å². The molecule has 102 valence electrons. The molecule has 0 radical (unpaired) electrons. The molecule has 1 nitrogen and oxygen atoms in total. The largest absolute Gasteiger partial charge is 1.00 e. The van der Waals surface area contributed by atoms with Gasteiger partial charge in [-0.25, -0.2) is 0 Å². The fourth-order valence-electron chi connectivity index (χ4n) is 2.12. The van der Waals surface area contributed by atoms with E-state index in [-0.39, 0.29) is 17.0 Å². The van der Waals surface area contributed by atoms with Gasteiger partial charge in [-0.2, -0.15) is 0 Å². The van der Waals surface area contributed by atoms with Crippen LogP contribution in [0, 0.1) is 5.92 Å². The van der Waals surface area contributed by atoms with Gasteiger partial charge >= 0.3 is 0 Å². The maximum Gasteiger partial charge on any atom is 0.0753 e. The Labute approximate surface area is 119 Å². The smallest absolute Gasteiger partial charge is 0.0753 e. The molecule has 0 aliphatic heterocycles.